The summed E-state index contributed by atoms with van der Waals surface area (Å²) >= 11 is 1.89. The topological polar surface area (TPSA) is 12.0 Å². The normalized spacial score (nSPS) is 11.0. The minimum atomic E-state index is 0.533. The lowest BCUT2D eigenvalue weighted by Crippen LogP contribution is -2.21. The molecule has 0 saturated carbocycles. The largest absolute Gasteiger partial charge is 0.310 e. The molecule has 0 aromatic heterocycles. The van der Waals surface area contributed by atoms with Gasteiger partial charge in [0.05, 0.1) is 0 Å². The van der Waals surface area contributed by atoms with E-state index in [1.807, 2.05) is 11.8 Å². The number of hydrogen-bond donors (Lipinski definition) is 1. The standard InChI is InChI=1S/C18H23NS/c1-14(2)19-12-16-7-9-18(10-8-16)20-13-17-6-4-5-15(3)11-17/h4-11,14,19H,12-13H2,1-3H3. The lowest BCUT2D eigenvalue weighted by atomic mass is 10.2. The van der Waals surface area contributed by atoms with E-state index < -0.39 is 0 Å². The van der Waals surface area contributed by atoms with Crippen molar-refractivity contribution in [1.82, 2.24) is 5.32 Å². The molecular formula is C18H23NS. The molecule has 1 N–H and O–H groups in total. The van der Waals surface area contributed by atoms with E-state index in [2.05, 4.69) is 74.6 Å². The van der Waals surface area contributed by atoms with Crippen LogP contribution in [0.1, 0.15) is 30.5 Å². The van der Waals surface area contributed by atoms with Gasteiger partial charge in [0.15, 0.2) is 0 Å². The highest BCUT2D eigenvalue weighted by molar-refractivity contribution is 7.98. The molecule has 0 amide bonds. The van der Waals surface area contributed by atoms with Crippen LogP contribution >= 0.6 is 11.8 Å². The van der Waals surface area contributed by atoms with Gasteiger partial charge in [-0.15, -0.1) is 11.8 Å². The zero-order valence-corrected chi connectivity index (χ0v) is 13.3. The summed E-state index contributed by atoms with van der Waals surface area (Å²) in [6.07, 6.45) is 0. The molecule has 0 aliphatic rings. The molecule has 0 aliphatic heterocycles. The summed E-state index contributed by atoms with van der Waals surface area (Å²) in [4.78, 5) is 1.33. The summed E-state index contributed by atoms with van der Waals surface area (Å²) in [7, 11) is 0. The molecule has 0 spiro atoms. The zero-order valence-electron chi connectivity index (χ0n) is 12.5. The number of thioether (sulfide) groups is 1. The molecule has 2 heteroatoms. The van der Waals surface area contributed by atoms with Crippen LogP contribution < -0.4 is 5.32 Å². The van der Waals surface area contributed by atoms with Crippen LogP contribution in [0.3, 0.4) is 0 Å². The Kier molecular flexibility index (Phi) is 5.69. The maximum atomic E-state index is 3.44. The van der Waals surface area contributed by atoms with Crippen LogP contribution in [0.15, 0.2) is 53.4 Å². The summed E-state index contributed by atoms with van der Waals surface area (Å²) in [5.74, 6) is 1.03. The highest BCUT2D eigenvalue weighted by atomic mass is 32.2. The van der Waals surface area contributed by atoms with Crippen LogP contribution in [-0.2, 0) is 12.3 Å². The van der Waals surface area contributed by atoms with Crippen molar-refractivity contribution in [3.8, 4) is 0 Å². The van der Waals surface area contributed by atoms with E-state index in [1.165, 1.54) is 21.6 Å². The number of aryl methyl sites for hydroxylation is 1. The third-order valence-corrected chi connectivity index (χ3v) is 4.21. The molecular weight excluding hydrogens is 262 g/mol. The van der Waals surface area contributed by atoms with E-state index in [1.54, 1.807) is 0 Å². The minimum absolute atomic E-state index is 0.533. The van der Waals surface area contributed by atoms with Gasteiger partial charge in [-0.1, -0.05) is 55.8 Å². The van der Waals surface area contributed by atoms with Crippen LogP contribution in [0.5, 0.6) is 0 Å². The Morgan fingerprint density at radius 1 is 1.00 bits per heavy atom. The highest BCUT2D eigenvalue weighted by Crippen LogP contribution is 2.23. The van der Waals surface area contributed by atoms with Gasteiger partial charge in [-0.25, -0.2) is 0 Å². The van der Waals surface area contributed by atoms with Crippen molar-refractivity contribution in [3.63, 3.8) is 0 Å². The van der Waals surface area contributed by atoms with Crippen molar-refractivity contribution in [2.24, 2.45) is 0 Å². The molecule has 0 bridgehead atoms. The van der Waals surface area contributed by atoms with Crippen molar-refractivity contribution in [3.05, 3.63) is 65.2 Å². The van der Waals surface area contributed by atoms with Crippen LogP contribution in [-0.4, -0.2) is 6.04 Å². The Morgan fingerprint density at radius 2 is 1.75 bits per heavy atom. The molecule has 0 aliphatic carbocycles. The van der Waals surface area contributed by atoms with Gasteiger partial charge in [0.1, 0.15) is 0 Å². The predicted octanol–water partition coefficient (Wildman–Crippen LogP) is 4.79. The number of hydrogen-bond acceptors (Lipinski definition) is 2. The summed E-state index contributed by atoms with van der Waals surface area (Å²) in [5.41, 5.74) is 4.07. The van der Waals surface area contributed by atoms with Crippen molar-refractivity contribution in [1.29, 1.82) is 0 Å². The van der Waals surface area contributed by atoms with Crippen LogP contribution in [0.25, 0.3) is 0 Å². The lowest BCUT2D eigenvalue weighted by Gasteiger charge is -2.09. The maximum Gasteiger partial charge on any atom is 0.0232 e. The highest BCUT2D eigenvalue weighted by Gasteiger charge is 1.99. The molecule has 0 atom stereocenters. The van der Waals surface area contributed by atoms with E-state index in [-0.39, 0.29) is 0 Å². The summed E-state index contributed by atoms with van der Waals surface area (Å²) in [6, 6.07) is 18.1. The fourth-order valence-electron chi connectivity index (χ4n) is 1.99. The Hall–Kier alpha value is -1.25. The molecule has 1 nitrogen and oxygen atoms in total. The first-order valence-corrected chi connectivity index (χ1v) is 8.13. The third kappa shape index (κ3) is 5.03. The molecule has 0 saturated heterocycles. The van der Waals surface area contributed by atoms with Crippen molar-refractivity contribution in [2.45, 2.75) is 44.0 Å². The van der Waals surface area contributed by atoms with Gasteiger partial charge in [-0.2, -0.15) is 0 Å². The average molecular weight is 285 g/mol. The summed E-state index contributed by atoms with van der Waals surface area (Å²) < 4.78 is 0. The van der Waals surface area contributed by atoms with Gasteiger partial charge >= 0.3 is 0 Å². The Morgan fingerprint density at radius 3 is 2.40 bits per heavy atom. The Labute approximate surface area is 126 Å². The Balaban J connectivity index is 1.87. The maximum absolute atomic E-state index is 3.44. The smallest absolute Gasteiger partial charge is 0.0232 e. The van der Waals surface area contributed by atoms with Crippen molar-refractivity contribution in [2.75, 3.05) is 0 Å². The van der Waals surface area contributed by atoms with Gasteiger partial charge in [-0.3, -0.25) is 0 Å². The number of nitrogens with one attached hydrogen (secondary N) is 1. The molecule has 0 radical (unpaired) electrons. The molecule has 106 valence electrons. The number of benzene rings is 2. The number of rotatable bonds is 6. The van der Waals surface area contributed by atoms with E-state index >= 15 is 0 Å². The second-order valence-electron chi connectivity index (χ2n) is 5.46. The van der Waals surface area contributed by atoms with E-state index in [9.17, 15) is 0 Å². The van der Waals surface area contributed by atoms with E-state index in [0.29, 0.717) is 6.04 Å². The molecule has 2 rings (SSSR count). The summed E-state index contributed by atoms with van der Waals surface area (Å²) in [6.45, 7) is 7.43. The minimum Gasteiger partial charge on any atom is -0.310 e. The molecule has 0 fully saturated rings. The SMILES string of the molecule is Cc1cccc(CSc2ccc(CNC(C)C)cc2)c1. The first-order valence-electron chi connectivity index (χ1n) is 7.14. The van der Waals surface area contributed by atoms with E-state index in [0.717, 1.165) is 12.3 Å². The third-order valence-electron chi connectivity index (χ3n) is 3.13. The van der Waals surface area contributed by atoms with Crippen LogP contribution in [0.2, 0.25) is 0 Å². The fraction of sp³-hybridized carbons (Fsp3) is 0.333. The second kappa shape index (κ2) is 7.51. The van der Waals surface area contributed by atoms with Gasteiger partial charge in [0.25, 0.3) is 0 Å². The molecule has 20 heavy (non-hydrogen) atoms. The first-order chi connectivity index (χ1) is 9.63. The molecule has 2 aromatic rings. The first kappa shape index (κ1) is 15.1. The molecule has 0 heterocycles. The van der Waals surface area contributed by atoms with E-state index in [4.69, 9.17) is 0 Å². The Bertz CT molecular complexity index is 531. The quantitative estimate of drug-likeness (QED) is 0.766. The predicted molar refractivity (Wildman–Crippen MR) is 89.2 cm³/mol. The second-order valence-corrected chi connectivity index (χ2v) is 6.51. The lowest BCUT2D eigenvalue weighted by molar-refractivity contribution is 0.588. The van der Waals surface area contributed by atoms with Crippen molar-refractivity contribution >= 4 is 11.8 Å². The van der Waals surface area contributed by atoms with Gasteiger partial charge in [0.2, 0.25) is 0 Å². The van der Waals surface area contributed by atoms with Gasteiger partial charge in [-0.05, 0) is 30.2 Å². The van der Waals surface area contributed by atoms with Gasteiger partial charge in [0, 0.05) is 23.2 Å². The van der Waals surface area contributed by atoms with Crippen molar-refractivity contribution < 1.29 is 0 Å². The van der Waals surface area contributed by atoms with Crippen LogP contribution in [0.4, 0.5) is 0 Å². The monoisotopic (exact) mass is 285 g/mol. The zero-order chi connectivity index (χ0) is 14.4. The summed E-state index contributed by atoms with van der Waals surface area (Å²) in [5, 5.41) is 3.44. The van der Waals surface area contributed by atoms with Gasteiger partial charge < -0.3 is 5.32 Å². The van der Waals surface area contributed by atoms with Crippen LogP contribution in [0, 0.1) is 6.92 Å². The fourth-order valence-corrected chi connectivity index (χ4v) is 2.84. The average Bonchev–Trinajstić information content (AvgIpc) is 2.44. The molecule has 2 aromatic carbocycles. The molecule has 0 unspecified atom stereocenters.